The summed E-state index contributed by atoms with van der Waals surface area (Å²) in [4.78, 5) is 21.5. The highest BCUT2D eigenvalue weighted by molar-refractivity contribution is 7.85. The molecule has 0 unspecified atom stereocenters. The van der Waals surface area contributed by atoms with Gasteiger partial charge in [-0.25, -0.2) is 0 Å². The first-order valence-electron chi connectivity index (χ1n) is 4.94. The summed E-state index contributed by atoms with van der Waals surface area (Å²) in [6.45, 7) is 0. The predicted octanol–water partition coefficient (Wildman–Crippen LogP) is -0.122. The quantitative estimate of drug-likeness (QED) is 0.709. The first kappa shape index (κ1) is 12.2. The second kappa shape index (κ2) is 5.85. The van der Waals surface area contributed by atoms with Crippen molar-refractivity contribution in [3.05, 3.63) is 0 Å². The lowest BCUT2D eigenvalue weighted by atomic mass is 10.1. The summed E-state index contributed by atoms with van der Waals surface area (Å²) in [6, 6.07) is 0.0731. The molecule has 1 heterocycles. The van der Waals surface area contributed by atoms with Gasteiger partial charge in [0.15, 0.2) is 0 Å². The Hall–Kier alpha value is -0.910. The molecular formula is C9H15NO4S. The summed E-state index contributed by atoms with van der Waals surface area (Å²) in [6.07, 6.45) is 1.34. The van der Waals surface area contributed by atoms with Crippen LogP contribution < -0.4 is 5.32 Å². The van der Waals surface area contributed by atoms with Crippen LogP contribution in [0.1, 0.15) is 25.7 Å². The van der Waals surface area contributed by atoms with Crippen LogP contribution >= 0.6 is 0 Å². The van der Waals surface area contributed by atoms with Crippen LogP contribution in [0.15, 0.2) is 0 Å². The molecule has 15 heavy (non-hydrogen) atoms. The van der Waals surface area contributed by atoms with Gasteiger partial charge in [-0.1, -0.05) is 0 Å². The van der Waals surface area contributed by atoms with E-state index >= 15 is 0 Å². The van der Waals surface area contributed by atoms with Crippen molar-refractivity contribution < 1.29 is 18.9 Å². The van der Waals surface area contributed by atoms with Gasteiger partial charge < -0.3 is 10.4 Å². The number of rotatable bonds is 4. The molecule has 1 aliphatic rings. The number of carbonyl (C=O) groups excluding carboxylic acids is 1. The lowest BCUT2D eigenvalue weighted by Crippen LogP contribution is -2.39. The Morgan fingerprint density at radius 3 is 2.40 bits per heavy atom. The molecule has 1 saturated heterocycles. The van der Waals surface area contributed by atoms with Gasteiger partial charge in [-0.2, -0.15) is 0 Å². The van der Waals surface area contributed by atoms with Crippen molar-refractivity contribution >= 4 is 22.7 Å². The summed E-state index contributed by atoms with van der Waals surface area (Å²) in [5, 5.41) is 11.1. The molecular weight excluding hydrogens is 218 g/mol. The van der Waals surface area contributed by atoms with Crippen LogP contribution in [0.25, 0.3) is 0 Å². The van der Waals surface area contributed by atoms with E-state index < -0.39 is 16.8 Å². The molecule has 0 atom stereocenters. The number of amides is 1. The van der Waals surface area contributed by atoms with Gasteiger partial charge in [-0.3, -0.25) is 13.8 Å². The monoisotopic (exact) mass is 233 g/mol. The van der Waals surface area contributed by atoms with Crippen LogP contribution in [0.2, 0.25) is 0 Å². The van der Waals surface area contributed by atoms with Gasteiger partial charge in [-0.05, 0) is 12.8 Å². The molecule has 6 heteroatoms. The minimum Gasteiger partial charge on any atom is -0.481 e. The minimum absolute atomic E-state index is 0.0227. The van der Waals surface area contributed by atoms with E-state index in [4.69, 9.17) is 5.11 Å². The molecule has 86 valence electrons. The maximum atomic E-state index is 11.2. The SMILES string of the molecule is O=C(O)CCC(=O)NC1CCS(=O)CC1. The molecule has 2 N–H and O–H groups in total. The van der Waals surface area contributed by atoms with Gasteiger partial charge in [0, 0.05) is 34.8 Å². The molecule has 1 rings (SSSR count). The summed E-state index contributed by atoms with van der Waals surface area (Å²) in [5.41, 5.74) is 0. The van der Waals surface area contributed by atoms with Gasteiger partial charge in [-0.15, -0.1) is 0 Å². The molecule has 0 saturated carbocycles. The Balaban J connectivity index is 2.20. The predicted molar refractivity (Wildman–Crippen MR) is 55.9 cm³/mol. The van der Waals surface area contributed by atoms with Crippen LogP contribution in [0, 0.1) is 0 Å². The number of carboxylic acid groups (broad SMARTS) is 1. The molecule has 0 aromatic rings. The number of hydrogen-bond donors (Lipinski definition) is 2. The van der Waals surface area contributed by atoms with E-state index in [9.17, 15) is 13.8 Å². The van der Waals surface area contributed by atoms with Crippen molar-refractivity contribution in [1.82, 2.24) is 5.32 Å². The van der Waals surface area contributed by atoms with Crippen LogP contribution in [-0.4, -0.2) is 38.7 Å². The molecule has 1 amide bonds. The van der Waals surface area contributed by atoms with Crippen LogP contribution in [0.5, 0.6) is 0 Å². The fourth-order valence-corrected chi connectivity index (χ4v) is 2.76. The molecule has 0 aromatic carbocycles. The largest absolute Gasteiger partial charge is 0.481 e. The molecule has 1 fully saturated rings. The van der Waals surface area contributed by atoms with E-state index in [1.807, 2.05) is 0 Å². The van der Waals surface area contributed by atoms with E-state index in [1.165, 1.54) is 0 Å². The average Bonchev–Trinajstić information content (AvgIpc) is 2.19. The lowest BCUT2D eigenvalue weighted by Gasteiger charge is -2.22. The Morgan fingerprint density at radius 2 is 1.87 bits per heavy atom. The zero-order valence-electron chi connectivity index (χ0n) is 8.40. The molecule has 0 spiro atoms. The smallest absolute Gasteiger partial charge is 0.303 e. The maximum absolute atomic E-state index is 11.2. The van der Waals surface area contributed by atoms with Crippen LogP contribution in [0.4, 0.5) is 0 Å². The zero-order valence-corrected chi connectivity index (χ0v) is 9.22. The molecule has 5 nitrogen and oxygen atoms in total. The second-order valence-electron chi connectivity index (χ2n) is 3.58. The molecule has 0 aliphatic carbocycles. The highest BCUT2D eigenvalue weighted by Gasteiger charge is 2.19. The van der Waals surface area contributed by atoms with Crippen molar-refractivity contribution in [2.45, 2.75) is 31.7 Å². The van der Waals surface area contributed by atoms with Gasteiger partial charge in [0.1, 0.15) is 0 Å². The Labute approximate surface area is 90.7 Å². The van der Waals surface area contributed by atoms with Crippen molar-refractivity contribution in [2.24, 2.45) is 0 Å². The first-order valence-corrected chi connectivity index (χ1v) is 6.43. The minimum atomic E-state index is -0.963. The van der Waals surface area contributed by atoms with Crippen molar-refractivity contribution in [3.63, 3.8) is 0 Å². The van der Waals surface area contributed by atoms with E-state index in [-0.39, 0.29) is 24.8 Å². The molecule has 1 aliphatic heterocycles. The number of carbonyl (C=O) groups is 2. The summed E-state index contributed by atoms with van der Waals surface area (Å²) in [7, 11) is -0.732. The molecule has 0 aromatic heterocycles. The second-order valence-corrected chi connectivity index (χ2v) is 5.28. The topological polar surface area (TPSA) is 83.5 Å². The highest BCUT2D eigenvalue weighted by Crippen LogP contribution is 2.09. The summed E-state index contributed by atoms with van der Waals surface area (Å²) < 4.78 is 11.0. The summed E-state index contributed by atoms with van der Waals surface area (Å²) in [5.74, 6) is 0.0679. The van der Waals surface area contributed by atoms with Crippen LogP contribution in [0.3, 0.4) is 0 Å². The van der Waals surface area contributed by atoms with Crippen molar-refractivity contribution in [3.8, 4) is 0 Å². The third-order valence-electron chi connectivity index (χ3n) is 2.32. The normalized spacial score (nSPS) is 25.9. The Morgan fingerprint density at radius 1 is 1.27 bits per heavy atom. The maximum Gasteiger partial charge on any atom is 0.303 e. The van der Waals surface area contributed by atoms with E-state index in [2.05, 4.69) is 5.32 Å². The van der Waals surface area contributed by atoms with Gasteiger partial charge in [0.25, 0.3) is 0 Å². The average molecular weight is 233 g/mol. The van der Waals surface area contributed by atoms with Gasteiger partial charge in [0.05, 0.1) is 6.42 Å². The van der Waals surface area contributed by atoms with Gasteiger partial charge >= 0.3 is 5.97 Å². The van der Waals surface area contributed by atoms with Crippen molar-refractivity contribution in [1.29, 1.82) is 0 Å². The van der Waals surface area contributed by atoms with Crippen molar-refractivity contribution in [2.75, 3.05) is 11.5 Å². The fraction of sp³-hybridized carbons (Fsp3) is 0.778. The highest BCUT2D eigenvalue weighted by atomic mass is 32.2. The standard InChI is InChI=1S/C9H15NO4S/c11-8(1-2-9(12)13)10-7-3-5-15(14)6-4-7/h7H,1-6H2,(H,10,11)(H,12,13). The molecule has 0 bridgehead atoms. The third kappa shape index (κ3) is 4.92. The number of aliphatic carboxylic acids is 1. The zero-order chi connectivity index (χ0) is 11.3. The van der Waals surface area contributed by atoms with Crippen LogP contribution in [-0.2, 0) is 20.4 Å². The molecule has 0 radical (unpaired) electrons. The number of hydrogen-bond acceptors (Lipinski definition) is 3. The fourth-order valence-electron chi connectivity index (χ4n) is 1.46. The Bertz CT molecular complexity index is 269. The van der Waals surface area contributed by atoms with E-state index in [0.717, 1.165) is 12.8 Å². The van der Waals surface area contributed by atoms with E-state index in [1.54, 1.807) is 0 Å². The Kier molecular flexibility index (Phi) is 4.74. The van der Waals surface area contributed by atoms with E-state index in [0.29, 0.717) is 11.5 Å². The number of nitrogens with one attached hydrogen (secondary N) is 1. The lowest BCUT2D eigenvalue weighted by molar-refractivity contribution is -0.138. The number of carboxylic acids is 1. The first-order chi connectivity index (χ1) is 7.08. The summed E-state index contributed by atoms with van der Waals surface area (Å²) >= 11 is 0. The third-order valence-corrected chi connectivity index (χ3v) is 3.70. The van der Waals surface area contributed by atoms with Gasteiger partial charge in [0.2, 0.25) is 5.91 Å².